The van der Waals surface area contributed by atoms with Gasteiger partial charge in [-0.1, -0.05) is 22.9 Å². The van der Waals surface area contributed by atoms with Crippen LogP contribution < -0.4 is 0 Å². The maximum atomic E-state index is 12.1. The Morgan fingerprint density at radius 1 is 1.28 bits per heavy atom. The summed E-state index contributed by atoms with van der Waals surface area (Å²) >= 11 is 3.58. The van der Waals surface area contributed by atoms with Crippen LogP contribution in [-0.4, -0.2) is 49.1 Å². The second kappa shape index (κ2) is 7.22. The lowest BCUT2D eigenvalue weighted by molar-refractivity contribution is 0.0905. The van der Waals surface area contributed by atoms with E-state index in [1.54, 1.807) is 4.31 Å². The van der Waals surface area contributed by atoms with Crippen LogP contribution in [0.4, 0.5) is 0 Å². The molecule has 0 amide bonds. The molecule has 1 aliphatic rings. The predicted molar refractivity (Wildman–Crippen MR) is 77.6 cm³/mol. The fourth-order valence-electron chi connectivity index (χ4n) is 2.13. The standard InChI is InChI=1S/C12H24BrNO3S/c1-10(2)17-8-9-18(15,16)14-6-4-12(5-7-14)11(3)13/h10-12H,4-9H2,1-3H3. The molecule has 1 unspecified atom stereocenters. The van der Waals surface area contributed by atoms with Gasteiger partial charge in [-0.25, -0.2) is 12.7 Å². The van der Waals surface area contributed by atoms with E-state index in [0.717, 1.165) is 12.8 Å². The van der Waals surface area contributed by atoms with Crippen LogP contribution in [0, 0.1) is 5.92 Å². The van der Waals surface area contributed by atoms with Crippen molar-refractivity contribution in [3.63, 3.8) is 0 Å². The number of sulfonamides is 1. The van der Waals surface area contributed by atoms with Crippen molar-refractivity contribution >= 4 is 26.0 Å². The fraction of sp³-hybridized carbons (Fsp3) is 1.00. The molecule has 0 saturated carbocycles. The largest absolute Gasteiger partial charge is 0.378 e. The summed E-state index contributed by atoms with van der Waals surface area (Å²) in [5, 5.41) is 0. The molecule has 1 rings (SSSR count). The summed E-state index contributed by atoms with van der Waals surface area (Å²) in [6, 6.07) is 0. The number of halogens is 1. The van der Waals surface area contributed by atoms with E-state index >= 15 is 0 Å². The van der Waals surface area contributed by atoms with Crippen LogP contribution in [0.25, 0.3) is 0 Å². The number of hydrogen-bond donors (Lipinski definition) is 0. The highest BCUT2D eigenvalue weighted by Gasteiger charge is 2.29. The molecule has 6 heteroatoms. The molecule has 0 N–H and O–H groups in total. The van der Waals surface area contributed by atoms with Crippen molar-refractivity contribution < 1.29 is 13.2 Å². The van der Waals surface area contributed by atoms with Crippen LogP contribution in [0.3, 0.4) is 0 Å². The van der Waals surface area contributed by atoms with Crippen molar-refractivity contribution in [1.82, 2.24) is 4.31 Å². The Morgan fingerprint density at radius 3 is 2.28 bits per heavy atom. The van der Waals surface area contributed by atoms with Crippen molar-refractivity contribution in [3.05, 3.63) is 0 Å². The second-order valence-corrected chi connectivity index (χ2v) is 8.68. The van der Waals surface area contributed by atoms with Gasteiger partial charge in [0.25, 0.3) is 0 Å². The highest BCUT2D eigenvalue weighted by molar-refractivity contribution is 9.09. The van der Waals surface area contributed by atoms with Gasteiger partial charge in [-0.2, -0.15) is 0 Å². The number of ether oxygens (including phenoxy) is 1. The summed E-state index contributed by atoms with van der Waals surface area (Å²) in [6.07, 6.45) is 1.97. The minimum atomic E-state index is -3.14. The van der Waals surface area contributed by atoms with Crippen LogP contribution in [0.5, 0.6) is 0 Å². The van der Waals surface area contributed by atoms with Crippen molar-refractivity contribution in [2.45, 2.75) is 44.5 Å². The molecular weight excluding hydrogens is 318 g/mol. The topological polar surface area (TPSA) is 46.6 Å². The van der Waals surface area contributed by atoms with Crippen LogP contribution in [0.2, 0.25) is 0 Å². The van der Waals surface area contributed by atoms with Crippen molar-refractivity contribution in [2.24, 2.45) is 5.92 Å². The SMILES string of the molecule is CC(C)OCCS(=O)(=O)N1CCC(C(C)Br)CC1. The Morgan fingerprint density at radius 2 is 1.83 bits per heavy atom. The molecule has 0 spiro atoms. The Kier molecular flexibility index (Phi) is 6.58. The number of hydrogen-bond acceptors (Lipinski definition) is 3. The third-order valence-electron chi connectivity index (χ3n) is 3.33. The van der Waals surface area contributed by atoms with Gasteiger partial charge in [0.15, 0.2) is 0 Å². The molecule has 0 aromatic rings. The molecule has 1 fully saturated rings. The minimum Gasteiger partial charge on any atom is -0.378 e. The third-order valence-corrected chi connectivity index (χ3v) is 5.92. The summed E-state index contributed by atoms with van der Waals surface area (Å²) in [5.74, 6) is 0.683. The van der Waals surface area contributed by atoms with Gasteiger partial charge in [0.2, 0.25) is 10.0 Å². The van der Waals surface area contributed by atoms with Crippen LogP contribution in [0.15, 0.2) is 0 Å². The molecule has 1 heterocycles. The Bertz CT molecular complexity index is 335. The van der Waals surface area contributed by atoms with Crippen molar-refractivity contribution in [2.75, 3.05) is 25.4 Å². The van der Waals surface area contributed by atoms with Gasteiger partial charge in [0.1, 0.15) is 0 Å². The summed E-state index contributed by atoms with van der Waals surface area (Å²) in [6.45, 7) is 7.53. The number of rotatable bonds is 6. The molecule has 0 aliphatic carbocycles. The fourth-order valence-corrected chi connectivity index (χ4v) is 3.99. The van der Waals surface area contributed by atoms with E-state index in [0.29, 0.717) is 23.8 Å². The van der Waals surface area contributed by atoms with E-state index in [1.165, 1.54) is 0 Å². The Balaban J connectivity index is 2.40. The lowest BCUT2D eigenvalue weighted by Crippen LogP contribution is -2.41. The smallest absolute Gasteiger partial charge is 0.216 e. The van der Waals surface area contributed by atoms with Crippen LogP contribution in [0.1, 0.15) is 33.6 Å². The highest BCUT2D eigenvalue weighted by Crippen LogP contribution is 2.26. The van der Waals surface area contributed by atoms with E-state index in [-0.39, 0.29) is 18.5 Å². The van der Waals surface area contributed by atoms with Crippen LogP contribution in [-0.2, 0) is 14.8 Å². The van der Waals surface area contributed by atoms with Gasteiger partial charge in [-0.05, 0) is 32.6 Å². The number of alkyl halides is 1. The summed E-state index contributed by atoms with van der Waals surface area (Å²) in [4.78, 5) is 0.464. The van der Waals surface area contributed by atoms with E-state index in [9.17, 15) is 8.42 Å². The van der Waals surface area contributed by atoms with Crippen LogP contribution >= 0.6 is 15.9 Å². The molecule has 0 aromatic carbocycles. The predicted octanol–water partition coefficient (Wildman–Crippen LogP) is 2.24. The molecule has 1 atom stereocenters. The molecule has 108 valence electrons. The van der Waals surface area contributed by atoms with E-state index < -0.39 is 10.0 Å². The number of piperidine rings is 1. The molecular formula is C12H24BrNO3S. The summed E-state index contributed by atoms with van der Waals surface area (Å²) < 4.78 is 31.1. The van der Waals surface area contributed by atoms with Gasteiger partial charge in [-0.15, -0.1) is 0 Å². The lowest BCUT2D eigenvalue weighted by Gasteiger charge is -2.32. The first kappa shape index (κ1) is 16.4. The highest BCUT2D eigenvalue weighted by atomic mass is 79.9. The average molecular weight is 342 g/mol. The van der Waals surface area contributed by atoms with E-state index in [4.69, 9.17) is 4.74 Å². The zero-order valence-corrected chi connectivity index (χ0v) is 13.8. The molecule has 0 aromatic heterocycles. The normalized spacial score (nSPS) is 21.4. The van der Waals surface area contributed by atoms with Gasteiger partial charge >= 0.3 is 0 Å². The van der Waals surface area contributed by atoms with Gasteiger partial charge < -0.3 is 4.74 Å². The lowest BCUT2D eigenvalue weighted by atomic mass is 9.96. The number of nitrogens with zero attached hydrogens (tertiary/aromatic N) is 1. The molecule has 1 aliphatic heterocycles. The van der Waals surface area contributed by atoms with Gasteiger partial charge in [0.05, 0.1) is 18.5 Å². The first-order valence-corrected chi connectivity index (χ1v) is 9.09. The Labute approximate surface area is 119 Å². The molecule has 1 saturated heterocycles. The molecule has 0 radical (unpaired) electrons. The summed E-state index contributed by atoms with van der Waals surface area (Å²) in [7, 11) is -3.14. The zero-order valence-electron chi connectivity index (χ0n) is 11.4. The first-order valence-electron chi connectivity index (χ1n) is 6.56. The second-order valence-electron chi connectivity index (χ2n) is 5.15. The van der Waals surface area contributed by atoms with E-state index in [2.05, 4.69) is 22.9 Å². The maximum Gasteiger partial charge on any atom is 0.216 e. The van der Waals surface area contributed by atoms with Gasteiger partial charge in [-0.3, -0.25) is 0 Å². The quantitative estimate of drug-likeness (QED) is 0.696. The monoisotopic (exact) mass is 341 g/mol. The minimum absolute atomic E-state index is 0.0835. The average Bonchev–Trinajstić information content (AvgIpc) is 2.28. The molecule has 0 bridgehead atoms. The third kappa shape index (κ3) is 5.15. The molecule has 4 nitrogen and oxygen atoms in total. The first-order chi connectivity index (χ1) is 8.33. The maximum absolute atomic E-state index is 12.1. The van der Waals surface area contributed by atoms with E-state index in [1.807, 2.05) is 13.8 Å². The molecule has 18 heavy (non-hydrogen) atoms. The summed E-state index contributed by atoms with van der Waals surface area (Å²) in [5.41, 5.74) is 0. The van der Waals surface area contributed by atoms with Crippen molar-refractivity contribution in [1.29, 1.82) is 0 Å². The zero-order chi connectivity index (χ0) is 13.8. The Hall–Kier alpha value is 0.350. The van der Waals surface area contributed by atoms with Crippen molar-refractivity contribution in [3.8, 4) is 0 Å². The van der Waals surface area contributed by atoms with Gasteiger partial charge in [0, 0.05) is 17.9 Å².